The van der Waals surface area contributed by atoms with Gasteiger partial charge in [-0.2, -0.15) is 0 Å². The molecule has 0 saturated heterocycles. The quantitative estimate of drug-likeness (QED) is 0.903. The van der Waals surface area contributed by atoms with Gasteiger partial charge < -0.3 is 10.2 Å². The van der Waals surface area contributed by atoms with Gasteiger partial charge in [0.15, 0.2) is 0 Å². The number of halogens is 1. The van der Waals surface area contributed by atoms with E-state index >= 15 is 0 Å². The normalized spacial score (nSPS) is 23.6. The molecule has 19 heavy (non-hydrogen) atoms. The number of rotatable bonds is 4. The second-order valence-electron chi connectivity index (χ2n) is 5.54. The highest BCUT2D eigenvalue weighted by Gasteiger charge is 2.32. The van der Waals surface area contributed by atoms with Gasteiger partial charge in [-0.1, -0.05) is 12.1 Å². The van der Waals surface area contributed by atoms with Crippen molar-refractivity contribution in [1.82, 2.24) is 10.2 Å². The van der Waals surface area contributed by atoms with Crippen molar-refractivity contribution < 1.29 is 9.18 Å². The third-order valence-corrected chi connectivity index (χ3v) is 3.76. The minimum atomic E-state index is -0.176. The van der Waals surface area contributed by atoms with Crippen molar-refractivity contribution in [2.75, 3.05) is 14.1 Å². The Bertz CT molecular complexity index is 455. The highest BCUT2D eigenvalue weighted by molar-refractivity contribution is 5.80. The van der Waals surface area contributed by atoms with Crippen molar-refractivity contribution >= 4 is 5.91 Å². The molecule has 1 atom stereocenters. The number of carbonyl (C=O) groups excluding carboxylic acids is 1. The highest BCUT2D eigenvalue weighted by atomic mass is 19.1. The number of carbonyl (C=O) groups is 1. The van der Waals surface area contributed by atoms with Crippen LogP contribution in [0.2, 0.25) is 0 Å². The Morgan fingerprint density at radius 2 is 2.11 bits per heavy atom. The van der Waals surface area contributed by atoms with Crippen LogP contribution in [-0.4, -0.2) is 37.0 Å². The van der Waals surface area contributed by atoms with Gasteiger partial charge in [-0.05, 0) is 43.4 Å². The third-order valence-electron chi connectivity index (χ3n) is 3.76. The molecule has 0 spiro atoms. The molecule has 0 heterocycles. The molecule has 3 nitrogen and oxygen atoms in total. The molecule has 104 valence electrons. The molecule has 1 aliphatic carbocycles. The van der Waals surface area contributed by atoms with Gasteiger partial charge >= 0.3 is 0 Å². The fraction of sp³-hybridized carbons (Fsp3) is 0.533. The maximum Gasteiger partial charge on any atom is 0.238 e. The van der Waals surface area contributed by atoms with Crippen LogP contribution in [-0.2, 0) is 4.79 Å². The lowest BCUT2D eigenvalue weighted by Crippen LogP contribution is -2.50. The van der Waals surface area contributed by atoms with Crippen LogP contribution in [0.25, 0.3) is 0 Å². The molecule has 0 aromatic heterocycles. The summed E-state index contributed by atoms with van der Waals surface area (Å²) < 4.78 is 13.1. The first-order chi connectivity index (χ1) is 8.97. The number of amides is 1. The van der Waals surface area contributed by atoms with E-state index in [1.165, 1.54) is 6.07 Å². The van der Waals surface area contributed by atoms with Crippen LogP contribution in [0, 0.1) is 5.82 Å². The van der Waals surface area contributed by atoms with Crippen LogP contribution in [0.4, 0.5) is 4.39 Å². The van der Waals surface area contributed by atoms with Crippen LogP contribution < -0.4 is 5.32 Å². The van der Waals surface area contributed by atoms with E-state index in [1.54, 1.807) is 31.1 Å². The van der Waals surface area contributed by atoms with E-state index in [0.717, 1.165) is 18.4 Å². The lowest BCUT2D eigenvalue weighted by Gasteiger charge is -2.38. The van der Waals surface area contributed by atoms with Crippen LogP contribution in [0.1, 0.15) is 31.2 Å². The Labute approximate surface area is 113 Å². The number of hydrogen-bond acceptors (Lipinski definition) is 2. The Kier molecular flexibility index (Phi) is 4.20. The summed E-state index contributed by atoms with van der Waals surface area (Å²) in [5.74, 6) is 0.328. The van der Waals surface area contributed by atoms with Crippen molar-refractivity contribution in [2.45, 2.75) is 37.8 Å². The van der Waals surface area contributed by atoms with Crippen LogP contribution >= 0.6 is 0 Å². The zero-order chi connectivity index (χ0) is 14.0. The summed E-state index contributed by atoms with van der Waals surface area (Å²) in [5, 5.41) is 3.33. The fourth-order valence-corrected chi connectivity index (χ4v) is 2.60. The summed E-state index contributed by atoms with van der Waals surface area (Å²) in [5.41, 5.74) is 1.06. The summed E-state index contributed by atoms with van der Waals surface area (Å²) in [6.45, 7) is 1.89. The van der Waals surface area contributed by atoms with Crippen molar-refractivity contribution in [3.8, 4) is 0 Å². The standard InChI is InChI=1S/C15H21FN2O/c1-10(15(19)18(2)3)17-14-8-12(9-14)11-5-4-6-13(16)7-11/h4-7,10,12,14,17H,8-9H2,1-3H3. The van der Waals surface area contributed by atoms with Crippen LogP contribution in [0.15, 0.2) is 24.3 Å². The average Bonchev–Trinajstić information content (AvgIpc) is 2.31. The molecule has 1 fully saturated rings. The minimum Gasteiger partial charge on any atom is -0.347 e. The van der Waals surface area contributed by atoms with Gasteiger partial charge in [0.2, 0.25) is 5.91 Å². The summed E-state index contributed by atoms with van der Waals surface area (Å²) in [7, 11) is 3.52. The molecule has 1 N–H and O–H groups in total. The van der Waals surface area contributed by atoms with Gasteiger partial charge in [0.25, 0.3) is 0 Å². The second kappa shape index (κ2) is 5.70. The molecule has 0 bridgehead atoms. The molecule has 1 saturated carbocycles. The number of likely N-dealkylation sites (N-methyl/N-ethyl adjacent to an activating group) is 1. The Morgan fingerprint density at radius 1 is 1.42 bits per heavy atom. The number of nitrogens with zero attached hydrogens (tertiary/aromatic N) is 1. The Morgan fingerprint density at radius 3 is 2.68 bits per heavy atom. The first-order valence-electron chi connectivity index (χ1n) is 6.70. The molecule has 1 aliphatic rings. The van der Waals surface area contributed by atoms with E-state index in [1.807, 2.05) is 13.0 Å². The van der Waals surface area contributed by atoms with Gasteiger partial charge in [0.1, 0.15) is 5.82 Å². The van der Waals surface area contributed by atoms with E-state index in [0.29, 0.717) is 12.0 Å². The summed E-state index contributed by atoms with van der Waals surface area (Å²) in [6.07, 6.45) is 1.93. The zero-order valence-corrected chi connectivity index (χ0v) is 11.7. The minimum absolute atomic E-state index is 0.0919. The SMILES string of the molecule is CC(NC1CC(c2cccc(F)c2)C1)C(=O)N(C)C. The molecule has 4 heteroatoms. The van der Waals surface area contributed by atoms with E-state index < -0.39 is 0 Å². The number of benzene rings is 1. The third kappa shape index (κ3) is 3.32. The average molecular weight is 264 g/mol. The van der Waals surface area contributed by atoms with Gasteiger partial charge in [-0.15, -0.1) is 0 Å². The van der Waals surface area contributed by atoms with Gasteiger partial charge in [-0.25, -0.2) is 4.39 Å². The van der Waals surface area contributed by atoms with Crippen molar-refractivity contribution in [3.05, 3.63) is 35.6 Å². The highest BCUT2D eigenvalue weighted by Crippen LogP contribution is 2.37. The monoisotopic (exact) mass is 264 g/mol. The predicted octanol–water partition coefficient (Wildman–Crippen LogP) is 2.14. The van der Waals surface area contributed by atoms with Crippen molar-refractivity contribution in [1.29, 1.82) is 0 Å². The van der Waals surface area contributed by atoms with Crippen LogP contribution in [0.5, 0.6) is 0 Å². The molecular formula is C15H21FN2O. The maximum atomic E-state index is 13.1. The van der Waals surface area contributed by atoms with E-state index in [4.69, 9.17) is 0 Å². The Balaban J connectivity index is 1.82. The molecule has 0 radical (unpaired) electrons. The largest absolute Gasteiger partial charge is 0.347 e. The molecule has 1 aromatic rings. The smallest absolute Gasteiger partial charge is 0.238 e. The molecule has 2 rings (SSSR count). The Hall–Kier alpha value is -1.42. The molecule has 1 unspecified atom stereocenters. The van der Waals surface area contributed by atoms with Gasteiger partial charge in [0.05, 0.1) is 6.04 Å². The van der Waals surface area contributed by atoms with E-state index in [9.17, 15) is 9.18 Å². The van der Waals surface area contributed by atoms with Crippen LogP contribution in [0.3, 0.4) is 0 Å². The second-order valence-corrected chi connectivity index (χ2v) is 5.54. The molecule has 0 aliphatic heterocycles. The van der Waals surface area contributed by atoms with Gasteiger partial charge in [-0.3, -0.25) is 4.79 Å². The molecular weight excluding hydrogens is 243 g/mol. The summed E-state index contributed by atoms with van der Waals surface area (Å²) >= 11 is 0. The number of nitrogens with one attached hydrogen (secondary N) is 1. The zero-order valence-electron chi connectivity index (χ0n) is 11.7. The van der Waals surface area contributed by atoms with Crippen molar-refractivity contribution in [2.24, 2.45) is 0 Å². The topological polar surface area (TPSA) is 32.3 Å². The first kappa shape index (κ1) is 14.0. The lowest BCUT2D eigenvalue weighted by atomic mass is 9.75. The van der Waals surface area contributed by atoms with Crippen molar-refractivity contribution in [3.63, 3.8) is 0 Å². The van der Waals surface area contributed by atoms with Gasteiger partial charge in [0, 0.05) is 20.1 Å². The lowest BCUT2D eigenvalue weighted by molar-refractivity contribution is -0.130. The van der Waals surface area contributed by atoms with E-state index in [2.05, 4.69) is 5.32 Å². The molecule has 1 amide bonds. The summed E-state index contributed by atoms with van der Waals surface area (Å²) in [4.78, 5) is 13.3. The maximum absolute atomic E-state index is 13.1. The summed E-state index contributed by atoms with van der Waals surface area (Å²) in [6, 6.07) is 6.99. The predicted molar refractivity (Wildman–Crippen MR) is 73.5 cm³/mol. The first-order valence-corrected chi connectivity index (χ1v) is 6.70. The molecule has 1 aromatic carbocycles. The van der Waals surface area contributed by atoms with E-state index in [-0.39, 0.29) is 17.8 Å². The number of hydrogen-bond donors (Lipinski definition) is 1. The fourth-order valence-electron chi connectivity index (χ4n) is 2.60.